The number of hydrogen-bond acceptors (Lipinski definition) is 6. The van der Waals surface area contributed by atoms with Crippen LogP contribution in [0.25, 0.3) is 33.4 Å². The average molecular weight is 931 g/mol. The van der Waals surface area contributed by atoms with E-state index in [1.807, 2.05) is 0 Å². The van der Waals surface area contributed by atoms with Gasteiger partial charge in [-0.25, -0.2) is 0 Å². The summed E-state index contributed by atoms with van der Waals surface area (Å²) in [5, 5.41) is 54.7. The number of allylic oxidation sites excluding steroid dienone is 2. The van der Waals surface area contributed by atoms with Crippen molar-refractivity contribution in [3.8, 4) is 22.3 Å². The lowest BCUT2D eigenvalue weighted by molar-refractivity contribution is -0.539. The Balaban J connectivity index is 1.06. The van der Waals surface area contributed by atoms with E-state index in [-0.39, 0.29) is 33.9 Å². The second-order valence-corrected chi connectivity index (χ2v) is 23.1. The van der Waals surface area contributed by atoms with Crippen LogP contribution in [0.2, 0.25) is 0 Å². The molecule has 6 aliphatic rings. The number of halogens is 6. The molecule has 4 aromatic carbocycles. The SMILES string of the molecule is CC1(C)N([O])C(c2ccc(-c3ccc4c(c3)S[C@@]3(C)C4=C4C(=C5c6ccc(-c7ccc(C8=[N+]([O-])C(C)(C)C(C)(C)N8[O])cc7)cc6S[C@@]53C)C(F)(F)C(F)(F)C4(F)F)cc2)=[N+]([O-])C1(C)C. The largest absolute Gasteiger partial charge is 0.714 e. The van der Waals surface area contributed by atoms with E-state index in [1.54, 1.807) is 142 Å². The first kappa shape index (κ1) is 44.0. The van der Waals surface area contributed by atoms with Crippen LogP contribution >= 0.6 is 23.5 Å². The van der Waals surface area contributed by atoms with Gasteiger partial charge in [-0.3, -0.25) is 9.48 Å². The molecular formula is C49H44F6N4O4S2. The van der Waals surface area contributed by atoms with Gasteiger partial charge in [0.05, 0.1) is 20.6 Å². The first-order valence-corrected chi connectivity index (χ1v) is 22.7. The lowest BCUT2D eigenvalue weighted by Crippen LogP contribution is -2.53. The van der Waals surface area contributed by atoms with Crippen LogP contribution in [0.15, 0.2) is 106 Å². The zero-order valence-electron chi connectivity index (χ0n) is 37.1. The first-order chi connectivity index (χ1) is 29.9. The fourth-order valence-corrected chi connectivity index (χ4v) is 13.4. The Labute approximate surface area is 380 Å². The normalized spacial score (nSPS) is 27.9. The van der Waals surface area contributed by atoms with Crippen LogP contribution in [0.3, 0.4) is 0 Å². The molecule has 0 bridgehead atoms. The number of nitrogens with zero attached hydrogens (tertiary/aromatic N) is 4. The van der Waals surface area contributed by atoms with Gasteiger partial charge in [0.15, 0.2) is 11.1 Å². The molecule has 16 heteroatoms. The highest BCUT2D eigenvalue weighted by molar-refractivity contribution is 8.06. The van der Waals surface area contributed by atoms with Gasteiger partial charge >= 0.3 is 29.4 Å². The summed E-state index contributed by atoms with van der Waals surface area (Å²) < 4.78 is 95.6. The highest BCUT2D eigenvalue weighted by atomic mass is 32.2. The molecule has 0 amide bonds. The molecule has 0 aromatic heterocycles. The van der Waals surface area contributed by atoms with Crippen molar-refractivity contribution in [1.29, 1.82) is 0 Å². The Morgan fingerprint density at radius 1 is 0.446 bits per heavy atom. The molecule has 338 valence electrons. The number of alkyl halides is 6. The number of rotatable bonds is 4. The molecule has 1 saturated carbocycles. The molecular weight excluding hydrogens is 887 g/mol. The van der Waals surface area contributed by atoms with Crippen molar-refractivity contribution in [2.75, 3.05) is 0 Å². The molecule has 10 rings (SSSR count). The summed E-state index contributed by atoms with van der Waals surface area (Å²) in [5.41, 5.74) is -3.71. The molecule has 0 unspecified atom stereocenters. The van der Waals surface area contributed by atoms with Gasteiger partial charge in [-0.05, 0) is 150 Å². The quantitative estimate of drug-likeness (QED) is 0.115. The van der Waals surface area contributed by atoms with Crippen LogP contribution < -0.4 is 0 Å². The fourth-order valence-electron chi connectivity index (χ4n) is 10.2. The predicted octanol–water partition coefficient (Wildman–Crippen LogP) is 11.8. The summed E-state index contributed by atoms with van der Waals surface area (Å²) >= 11 is 2.33. The van der Waals surface area contributed by atoms with Crippen molar-refractivity contribution < 1.29 is 46.2 Å². The Kier molecular flexibility index (Phi) is 8.62. The van der Waals surface area contributed by atoms with Crippen LogP contribution in [0, 0.1) is 10.4 Å². The topological polar surface area (TPSA) is 98.4 Å². The number of thioether (sulfide) groups is 2. The smallest absolute Gasteiger partial charge is 0.380 e. The molecule has 0 N–H and O–H groups in total. The Morgan fingerprint density at radius 3 is 1.03 bits per heavy atom. The predicted molar refractivity (Wildman–Crippen MR) is 238 cm³/mol. The van der Waals surface area contributed by atoms with Gasteiger partial charge in [0.1, 0.15) is 11.1 Å². The lowest BCUT2D eigenvalue weighted by Gasteiger charge is -2.47. The zero-order valence-corrected chi connectivity index (χ0v) is 38.7. The minimum Gasteiger partial charge on any atom is -0.714 e. The fraction of sp³-hybridized carbons (Fsp3) is 0.388. The van der Waals surface area contributed by atoms with Crippen LogP contribution in [-0.4, -0.2) is 80.7 Å². The van der Waals surface area contributed by atoms with E-state index in [0.717, 1.165) is 0 Å². The van der Waals surface area contributed by atoms with E-state index in [9.17, 15) is 20.8 Å². The molecule has 8 nitrogen and oxygen atoms in total. The van der Waals surface area contributed by atoms with Gasteiger partial charge in [0, 0.05) is 31.4 Å². The molecule has 4 aliphatic heterocycles. The van der Waals surface area contributed by atoms with Crippen molar-refractivity contribution in [2.24, 2.45) is 0 Å². The zero-order chi connectivity index (χ0) is 47.4. The third kappa shape index (κ3) is 5.01. The summed E-state index contributed by atoms with van der Waals surface area (Å²) in [6.07, 6.45) is 0. The second-order valence-electron chi connectivity index (χ2n) is 20.1. The van der Waals surface area contributed by atoms with Crippen molar-refractivity contribution in [2.45, 2.75) is 128 Å². The van der Waals surface area contributed by atoms with Crippen LogP contribution in [0.5, 0.6) is 0 Å². The van der Waals surface area contributed by atoms with Gasteiger partial charge in [-0.15, -0.1) is 23.5 Å². The van der Waals surface area contributed by atoms with E-state index in [1.165, 1.54) is 35.7 Å². The number of hydroxylamine groups is 6. The number of amidine groups is 2. The summed E-state index contributed by atoms with van der Waals surface area (Å²) in [7, 11) is 0. The summed E-state index contributed by atoms with van der Waals surface area (Å²) in [5.74, 6) is -16.3. The average Bonchev–Trinajstić information content (AvgIpc) is 3.82. The molecule has 0 spiro atoms. The molecule has 2 aliphatic carbocycles. The van der Waals surface area contributed by atoms with Crippen molar-refractivity contribution >= 4 is 46.3 Å². The third-order valence-electron chi connectivity index (χ3n) is 15.9. The number of benzene rings is 4. The molecule has 4 heterocycles. The second kappa shape index (κ2) is 12.7. The van der Waals surface area contributed by atoms with Crippen LogP contribution in [0.4, 0.5) is 26.3 Å². The molecule has 0 saturated heterocycles. The van der Waals surface area contributed by atoms with E-state index in [4.69, 9.17) is 0 Å². The van der Waals surface area contributed by atoms with Gasteiger partial charge in [0.25, 0.3) is 0 Å². The van der Waals surface area contributed by atoms with E-state index < -0.39 is 60.6 Å². The molecule has 2 radical (unpaired) electrons. The lowest BCUT2D eigenvalue weighted by atomic mass is 9.68. The Bertz CT molecular complexity index is 2760. The Morgan fingerprint density at radius 2 is 0.738 bits per heavy atom. The number of fused-ring (bicyclic) bond motifs is 8. The minimum atomic E-state index is -5.73. The standard InChI is InChI=1S/C49H44F6N4O4S2/c1-41(2)42(3,4)57(61)39(56(41)60)27-15-11-25(12-16-27)29-19-21-31-33(23-29)64-45(9)35(31)37-38(48(52,53)49(54,55)47(37,50)51)36-32-22-20-30(24-34(32)65-46(36,45)10)26-13-17-28(18-14-26)40-58(62)43(5,6)44(7,8)59(40)63/h11-24H,1-10H3/t45-,46-/m0/s1. The highest BCUT2D eigenvalue weighted by Crippen LogP contribution is 2.78. The maximum atomic E-state index is 16.4. The van der Waals surface area contributed by atoms with Gasteiger partial charge in [-0.2, -0.15) is 26.3 Å². The Hall–Kier alpha value is -4.90. The molecule has 65 heavy (non-hydrogen) atoms. The first-order valence-electron chi connectivity index (χ1n) is 21.1. The molecule has 4 aromatic rings. The van der Waals surface area contributed by atoms with Crippen molar-refractivity contribution in [1.82, 2.24) is 10.1 Å². The van der Waals surface area contributed by atoms with E-state index >= 15 is 26.3 Å². The maximum Gasteiger partial charge on any atom is 0.380 e. The van der Waals surface area contributed by atoms with Crippen LogP contribution in [0.1, 0.15) is 91.5 Å². The monoisotopic (exact) mass is 930 g/mol. The number of hydrogen-bond donors (Lipinski definition) is 0. The van der Waals surface area contributed by atoms with Gasteiger partial charge in [0.2, 0.25) is 0 Å². The third-order valence-corrected chi connectivity index (χ3v) is 19.2. The van der Waals surface area contributed by atoms with E-state index in [0.29, 0.717) is 62.8 Å². The van der Waals surface area contributed by atoms with Gasteiger partial charge in [-0.1, -0.05) is 58.7 Å². The molecule has 2 atom stereocenters. The summed E-state index contributed by atoms with van der Waals surface area (Å²) in [4.78, 5) is 0.880. The van der Waals surface area contributed by atoms with E-state index in [2.05, 4.69) is 0 Å². The highest BCUT2D eigenvalue weighted by Gasteiger charge is 2.85. The maximum absolute atomic E-state index is 16.4. The van der Waals surface area contributed by atoms with Gasteiger partial charge < -0.3 is 10.4 Å². The van der Waals surface area contributed by atoms with Crippen molar-refractivity contribution in [3.63, 3.8) is 0 Å². The summed E-state index contributed by atoms with van der Waals surface area (Å²) in [6.45, 7) is 16.9. The van der Waals surface area contributed by atoms with Crippen LogP contribution in [-0.2, 0) is 10.4 Å². The minimum absolute atomic E-state index is 0.0411. The molecule has 1 fully saturated rings. The van der Waals surface area contributed by atoms with Crippen molar-refractivity contribution in [3.05, 3.63) is 129 Å². The summed E-state index contributed by atoms with van der Waals surface area (Å²) in [6, 6.07) is 23.2.